The third-order valence-corrected chi connectivity index (χ3v) is 7.76. The molecule has 1 saturated heterocycles. The van der Waals surface area contributed by atoms with Gasteiger partial charge in [-0.2, -0.15) is 0 Å². The van der Waals surface area contributed by atoms with Crippen molar-refractivity contribution >= 4 is 5.78 Å². The van der Waals surface area contributed by atoms with Crippen molar-refractivity contribution in [3.8, 4) is 5.75 Å². The predicted molar refractivity (Wildman–Crippen MR) is 120 cm³/mol. The molecule has 160 valence electrons. The van der Waals surface area contributed by atoms with Gasteiger partial charge in [0.1, 0.15) is 5.75 Å². The Bertz CT molecular complexity index is 867. The lowest BCUT2D eigenvalue weighted by Crippen LogP contribution is -2.61. The lowest BCUT2D eigenvalue weighted by molar-refractivity contribution is -0.264. The number of Topliss-reactive ketones (excluding diaryl/α,β-unsaturated/α-hetero) is 1. The molecule has 0 amide bonds. The fraction of sp³-hybridized carbons (Fsp3) is 0.519. The minimum Gasteiger partial charge on any atom is -0.464 e. The Morgan fingerprint density at radius 1 is 0.933 bits per heavy atom. The Kier molecular flexibility index (Phi) is 6.02. The van der Waals surface area contributed by atoms with E-state index in [4.69, 9.17) is 9.47 Å². The van der Waals surface area contributed by atoms with Crippen molar-refractivity contribution in [1.29, 1.82) is 0 Å². The topological polar surface area (TPSA) is 35.5 Å². The molecule has 0 spiro atoms. The lowest BCUT2D eigenvalue weighted by atomic mass is 9.56. The lowest BCUT2D eigenvalue weighted by Gasteiger charge is -2.58. The van der Waals surface area contributed by atoms with Gasteiger partial charge in [-0.1, -0.05) is 89.1 Å². The van der Waals surface area contributed by atoms with Crippen molar-refractivity contribution in [3.05, 3.63) is 65.7 Å². The third kappa shape index (κ3) is 3.19. The van der Waals surface area contributed by atoms with Crippen molar-refractivity contribution in [1.82, 2.24) is 0 Å². The predicted octanol–water partition coefficient (Wildman–Crippen LogP) is 6.63. The first-order valence-corrected chi connectivity index (χ1v) is 11.6. The van der Waals surface area contributed by atoms with Gasteiger partial charge in [-0.3, -0.25) is 4.79 Å². The van der Waals surface area contributed by atoms with E-state index >= 15 is 0 Å². The number of para-hydroxylation sites is 1. The SMILES string of the molecule is CCC(CC)[C@@H]1O[C@H]2Oc3ccccc3[C@@H]([C@H]1C(=O)c1ccccc1)C2(CC)CC. The molecule has 2 aliphatic rings. The molecule has 0 aliphatic carbocycles. The highest BCUT2D eigenvalue weighted by atomic mass is 16.7. The van der Waals surface area contributed by atoms with Gasteiger partial charge in [0.2, 0.25) is 6.29 Å². The molecule has 2 aromatic rings. The summed E-state index contributed by atoms with van der Waals surface area (Å²) >= 11 is 0. The fourth-order valence-electron chi connectivity index (χ4n) is 5.94. The van der Waals surface area contributed by atoms with Crippen LogP contribution in [0.3, 0.4) is 0 Å². The van der Waals surface area contributed by atoms with Crippen molar-refractivity contribution in [2.75, 3.05) is 0 Å². The van der Waals surface area contributed by atoms with Gasteiger partial charge in [0.05, 0.1) is 12.0 Å². The van der Waals surface area contributed by atoms with Crippen LogP contribution in [0.2, 0.25) is 0 Å². The van der Waals surface area contributed by atoms with Crippen molar-refractivity contribution in [2.45, 2.75) is 71.7 Å². The van der Waals surface area contributed by atoms with E-state index in [1.54, 1.807) is 0 Å². The van der Waals surface area contributed by atoms with Gasteiger partial charge in [-0.15, -0.1) is 0 Å². The van der Waals surface area contributed by atoms with E-state index in [0.29, 0.717) is 5.92 Å². The summed E-state index contributed by atoms with van der Waals surface area (Å²) in [5.74, 6) is 1.29. The Balaban J connectivity index is 1.92. The summed E-state index contributed by atoms with van der Waals surface area (Å²) in [5.41, 5.74) is 1.75. The van der Waals surface area contributed by atoms with Crippen LogP contribution < -0.4 is 4.74 Å². The summed E-state index contributed by atoms with van der Waals surface area (Å²) in [4.78, 5) is 14.1. The molecule has 4 atom stereocenters. The number of hydrogen-bond acceptors (Lipinski definition) is 3. The van der Waals surface area contributed by atoms with E-state index in [9.17, 15) is 4.79 Å². The van der Waals surface area contributed by atoms with Crippen LogP contribution in [0.1, 0.15) is 75.2 Å². The van der Waals surface area contributed by atoms with E-state index < -0.39 is 0 Å². The van der Waals surface area contributed by atoms with Gasteiger partial charge in [0, 0.05) is 16.9 Å². The maximum atomic E-state index is 14.1. The summed E-state index contributed by atoms with van der Waals surface area (Å²) in [7, 11) is 0. The van der Waals surface area contributed by atoms with Crippen LogP contribution in [0.25, 0.3) is 0 Å². The molecule has 2 aromatic carbocycles. The van der Waals surface area contributed by atoms with E-state index in [2.05, 4.69) is 39.8 Å². The zero-order chi connectivity index (χ0) is 21.3. The third-order valence-electron chi connectivity index (χ3n) is 7.76. The molecule has 30 heavy (non-hydrogen) atoms. The number of rotatable bonds is 7. The highest BCUT2D eigenvalue weighted by Crippen LogP contribution is 2.61. The first-order valence-electron chi connectivity index (χ1n) is 11.6. The quantitative estimate of drug-likeness (QED) is 0.484. The number of fused-ring (bicyclic) bond motifs is 4. The van der Waals surface area contributed by atoms with Gasteiger partial charge in [-0.25, -0.2) is 0 Å². The molecule has 0 aromatic heterocycles. The molecule has 0 saturated carbocycles. The van der Waals surface area contributed by atoms with Gasteiger partial charge < -0.3 is 9.47 Å². The van der Waals surface area contributed by atoms with Crippen LogP contribution in [0.4, 0.5) is 0 Å². The summed E-state index contributed by atoms with van der Waals surface area (Å²) in [6, 6.07) is 18.0. The number of ether oxygens (including phenoxy) is 2. The molecule has 2 aliphatic heterocycles. The maximum absolute atomic E-state index is 14.1. The van der Waals surface area contributed by atoms with Crippen LogP contribution in [0.5, 0.6) is 5.75 Å². The highest BCUT2D eigenvalue weighted by molar-refractivity contribution is 5.99. The van der Waals surface area contributed by atoms with Crippen LogP contribution in [-0.4, -0.2) is 18.2 Å². The van der Waals surface area contributed by atoms with E-state index in [1.807, 2.05) is 42.5 Å². The first-order chi connectivity index (χ1) is 14.6. The number of carbonyl (C=O) groups excluding carboxylic acids is 1. The molecule has 2 bridgehead atoms. The fourth-order valence-corrected chi connectivity index (χ4v) is 5.94. The molecule has 2 heterocycles. The zero-order valence-electron chi connectivity index (χ0n) is 18.6. The smallest absolute Gasteiger partial charge is 0.206 e. The largest absolute Gasteiger partial charge is 0.464 e. The molecular weight excluding hydrogens is 372 g/mol. The second kappa shape index (κ2) is 8.55. The van der Waals surface area contributed by atoms with Gasteiger partial charge in [-0.05, 0) is 30.4 Å². The Labute approximate surface area is 180 Å². The van der Waals surface area contributed by atoms with Gasteiger partial charge in [0.25, 0.3) is 0 Å². The average molecular weight is 407 g/mol. The second-order valence-corrected chi connectivity index (χ2v) is 8.84. The molecule has 0 unspecified atom stereocenters. The van der Waals surface area contributed by atoms with Crippen LogP contribution in [0, 0.1) is 17.3 Å². The summed E-state index contributed by atoms with van der Waals surface area (Å²) in [6.07, 6.45) is 3.38. The monoisotopic (exact) mass is 406 g/mol. The molecule has 4 rings (SSSR count). The van der Waals surface area contributed by atoms with Crippen LogP contribution in [0.15, 0.2) is 54.6 Å². The van der Waals surface area contributed by atoms with Crippen molar-refractivity contribution in [2.24, 2.45) is 17.3 Å². The number of benzene rings is 2. The average Bonchev–Trinajstić information content (AvgIpc) is 2.80. The van der Waals surface area contributed by atoms with Crippen molar-refractivity contribution in [3.63, 3.8) is 0 Å². The number of ketones is 1. The molecule has 0 N–H and O–H groups in total. The minimum atomic E-state index is -0.308. The summed E-state index contributed by atoms with van der Waals surface area (Å²) in [5, 5.41) is 0. The van der Waals surface area contributed by atoms with Crippen LogP contribution in [-0.2, 0) is 4.74 Å². The normalized spacial score (nSPS) is 26.7. The Morgan fingerprint density at radius 2 is 1.57 bits per heavy atom. The molecule has 0 radical (unpaired) electrons. The first kappa shape index (κ1) is 21.1. The zero-order valence-corrected chi connectivity index (χ0v) is 18.6. The Morgan fingerprint density at radius 3 is 2.20 bits per heavy atom. The van der Waals surface area contributed by atoms with E-state index in [1.165, 1.54) is 5.56 Å². The van der Waals surface area contributed by atoms with Crippen molar-refractivity contribution < 1.29 is 14.3 Å². The molecule has 3 nitrogen and oxygen atoms in total. The maximum Gasteiger partial charge on any atom is 0.206 e. The molecular formula is C27H34O3. The van der Waals surface area contributed by atoms with Crippen LogP contribution >= 0.6 is 0 Å². The van der Waals surface area contributed by atoms with E-state index in [-0.39, 0.29) is 35.4 Å². The van der Waals surface area contributed by atoms with E-state index in [0.717, 1.165) is 37.0 Å². The summed E-state index contributed by atoms with van der Waals surface area (Å²) < 4.78 is 13.2. The number of hydrogen-bond donors (Lipinski definition) is 0. The Hall–Kier alpha value is -2.13. The minimum absolute atomic E-state index is 0.0921. The van der Waals surface area contributed by atoms with Gasteiger partial charge in [0.15, 0.2) is 5.78 Å². The second-order valence-electron chi connectivity index (χ2n) is 8.84. The highest BCUT2D eigenvalue weighted by Gasteiger charge is 2.61. The van der Waals surface area contributed by atoms with Gasteiger partial charge >= 0.3 is 0 Å². The molecule has 1 fully saturated rings. The standard InChI is InChI=1S/C27H34O3/c1-5-18(6-2)25-22(24(28)19-14-10-9-11-15-19)23-20-16-12-13-17-21(20)29-26(30-25)27(23,7-3)8-4/h9-18,22-23,25-26H,5-8H2,1-4H3/t22-,23-,25-,26+/m0/s1. The number of carbonyl (C=O) groups is 1. The summed E-state index contributed by atoms with van der Waals surface area (Å²) in [6.45, 7) is 8.83. The molecule has 3 heteroatoms.